The lowest BCUT2D eigenvalue weighted by Crippen LogP contribution is -2.63. The van der Waals surface area contributed by atoms with Crippen molar-refractivity contribution in [2.24, 2.45) is 11.8 Å². The number of rotatable bonds is 5. The van der Waals surface area contributed by atoms with Crippen molar-refractivity contribution < 1.29 is 73.0 Å². The van der Waals surface area contributed by atoms with Gasteiger partial charge in [-0.3, -0.25) is 4.79 Å². The number of ether oxygens (including phenoxy) is 9. The highest BCUT2D eigenvalue weighted by molar-refractivity contribution is 5.79. The molecule has 2 aromatic rings. The predicted molar refractivity (Wildman–Crippen MR) is 141 cm³/mol. The molecular weight excluding hydrogens is 588 g/mol. The molecule has 4 aliphatic heterocycles. The second kappa shape index (κ2) is 10.6. The minimum atomic E-state index is -3.02. The first-order chi connectivity index (χ1) is 21.0. The summed E-state index contributed by atoms with van der Waals surface area (Å²) in [7, 11) is 2.71. The number of carbonyl (C=O) groups excluding carboxylic acids is 1. The topological polar surface area (TPSA) is 201 Å². The van der Waals surface area contributed by atoms with Gasteiger partial charge in [-0.2, -0.15) is 0 Å². The molecule has 44 heavy (non-hydrogen) atoms. The zero-order valence-corrected chi connectivity index (χ0v) is 23.8. The molecule has 0 radical (unpaired) electrons. The minimum Gasteiger partial charge on any atom is -0.502 e. The van der Waals surface area contributed by atoms with Gasteiger partial charge in [0.2, 0.25) is 12.5 Å². The van der Waals surface area contributed by atoms with Gasteiger partial charge < -0.3 is 68.2 Å². The van der Waals surface area contributed by atoms with Crippen LogP contribution in [0.2, 0.25) is 0 Å². The van der Waals surface area contributed by atoms with Gasteiger partial charge >= 0.3 is 11.9 Å². The van der Waals surface area contributed by atoms with Gasteiger partial charge in [-0.15, -0.1) is 0 Å². The van der Waals surface area contributed by atoms with E-state index in [4.69, 9.17) is 42.6 Å². The van der Waals surface area contributed by atoms with E-state index in [1.54, 1.807) is 19.1 Å². The standard InChI is InChI=1S/C29H32O15/c1-10-38-8-18-26(41-10)23(31)24(32)28(42-18)43-25-13-7-15-14(39-9-40-15)6-12(13)19(20-21(25)29(34,35)44-27(20)33)11-4-16(36-2)22(30)17(5-11)37-3/h4-7,10,18-21,23-26,28,30-32,34-35H,8-9H2,1-3H3. The Morgan fingerprint density at radius 1 is 0.932 bits per heavy atom. The van der Waals surface area contributed by atoms with E-state index in [9.17, 15) is 30.3 Å². The third kappa shape index (κ3) is 4.46. The van der Waals surface area contributed by atoms with Crippen LogP contribution in [0.25, 0.3) is 0 Å². The molecule has 7 rings (SSSR count). The number of fused-ring (bicyclic) bond motifs is 4. The Bertz CT molecular complexity index is 1430. The average Bonchev–Trinajstić information content (AvgIpc) is 3.55. The summed E-state index contributed by atoms with van der Waals surface area (Å²) < 4.78 is 50.4. The van der Waals surface area contributed by atoms with Crippen LogP contribution in [0.5, 0.6) is 28.7 Å². The second-order valence-corrected chi connectivity index (χ2v) is 11.3. The van der Waals surface area contributed by atoms with E-state index in [1.807, 2.05) is 0 Å². The first-order valence-electron chi connectivity index (χ1n) is 14.0. The van der Waals surface area contributed by atoms with Gasteiger partial charge in [-0.05, 0) is 47.9 Å². The highest BCUT2D eigenvalue weighted by Crippen LogP contribution is 2.60. The Labute approximate surface area is 250 Å². The molecule has 0 bridgehead atoms. The monoisotopic (exact) mass is 620 g/mol. The lowest BCUT2D eigenvalue weighted by atomic mass is 9.65. The van der Waals surface area contributed by atoms with Crippen molar-refractivity contribution in [3.8, 4) is 28.7 Å². The van der Waals surface area contributed by atoms with Crippen LogP contribution in [0.1, 0.15) is 35.6 Å². The highest BCUT2D eigenvalue weighted by Gasteiger charge is 2.65. The number of esters is 1. The normalized spacial score (nSPS) is 36.6. The van der Waals surface area contributed by atoms with Crippen molar-refractivity contribution in [2.75, 3.05) is 27.6 Å². The summed E-state index contributed by atoms with van der Waals surface area (Å²) >= 11 is 0. The van der Waals surface area contributed by atoms with Gasteiger partial charge in [0.1, 0.15) is 24.4 Å². The van der Waals surface area contributed by atoms with Gasteiger partial charge in [0.05, 0.1) is 38.8 Å². The van der Waals surface area contributed by atoms with Gasteiger partial charge in [-0.25, -0.2) is 0 Å². The van der Waals surface area contributed by atoms with E-state index < -0.39 is 72.8 Å². The van der Waals surface area contributed by atoms with E-state index in [1.165, 1.54) is 26.4 Å². The molecule has 0 amide bonds. The molecule has 238 valence electrons. The third-order valence-electron chi connectivity index (χ3n) is 8.88. The van der Waals surface area contributed by atoms with Crippen LogP contribution in [-0.2, 0) is 28.5 Å². The number of cyclic esters (lactones) is 1. The molecule has 0 saturated carbocycles. The van der Waals surface area contributed by atoms with Gasteiger partial charge in [-0.1, -0.05) is 0 Å². The molecule has 1 aliphatic carbocycles. The molecule has 3 fully saturated rings. The Hall–Kier alpha value is -3.41. The van der Waals surface area contributed by atoms with Gasteiger partial charge in [0, 0.05) is 5.92 Å². The average molecular weight is 621 g/mol. The number of methoxy groups -OCH3 is 2. The van der Waals surface area contributed by atoms with E-state index in [0.29, 0.717) is 28.2 Å². The fraction of sp³-hybridized carbons (Fsp3) is 0.552. The van der Waals surface area contributed by atoms with Gasteiger partial charge in [0.15, 0.2) is 35.6 Å². The lowest BCUT2D eigenvalue weighted by Gasteiger charge is -2.48. The summed E-state index contributed by atoms with van der Waals surface area (Å²) in [4.78, 5) is 13.5. The summed E-state index contributed by atoms with van der Waals surface area (Å²) in [5.41, 5.74) is 1.22. The number of hydrogen-bond donors (Lipinski definition) is 5. The summed E-state index contributed by atoms with van der Waals surface area (Å²) in [6.07, 6.45) is -8.25. The summed E-state index contributed by atoms with van der Waals surface area (Å²) in [6.45, 7) is 1.61. The lowest BCUT2D eigenvalue weighted by molar-refractivity contribution is -0.380. The Morgan fingerprint density at radius 3 is 2.25 bits per heavy atom. The van der Waals surface area contributed by atoms with Gasteiger partial charge in [0.25, 0.3) is 0 Å². The maximum Gasteiger partial charge on any atom is 0.331 e. The molecular formula is C29H32O15. The number of phenolic OH excluding ortho intramolecular Hbond substituents is 1. The first kappa shape index (κ1) is 29.3. The third-order valence-corrected chi connectivity index (χ3v) is 8.88. The maximum atomic E-state index is 13.5. The predicted octanol–water partition coefficient (Wildman–Crippen LogP) is -0.0230. The van der Waals surface area contributed by atoms with Crippen LogP contribution in [0, 0.1) is 11.8 Å². The van der Waals surface area contributed by atoms with Crippen LogP contribution in [-0.4, -0.2) is 102 Å². The van der Waals surface area contributed by atoms with Crippen molar-refractivity contribution >= 4 is 5.97 Å². The van der Waals surface area contributed by atoms with Crippen LogP contribution < -0.4 is 18.9 Å². The SMILES string of the molecule is COc1cc(C2c3cc4c(cc3C(OC3OC5COC(C)OC5C(O)C3O)C3C2C(=O)OC3(O)O)OCO4)cc(OC)c1O. The van der Waals surface area contributed by atoms with Crippen LogP contribution in [0.15, 0.2) is 24.3 Å². The van der Waals surface area contributed by atoms with Crippen LogP contribution >= 0.6 is 0 Å². The van der Waals surface area contributed by atoms with Crippen LogP contribution in [0.4, 0.5) is 0 Å². The first-order valence-corrected chi connectivity index (χ1v) is 14.0. The van der Waals surface area contributed by atoms with Crippen molar-refractivity contribution in [1.82, 2.24) is 0 Å². The Kier molecular flexibility index (Phi) is 7.06. The molecule has 5 aliphatic rings. The Balaban J connectivity index is 1.36. The Morgan fingerprint density at radius 2 is 1.59 bits per heavy atom. The number of aliphatic hydroxyl groups excluding tert-OH is 2. The second-order valence-electron chi connectivity index (χ2n) is 11.3. The number of aromatic hydroxyl groups is 1. The van der Waals surface area contributed by atoms with Crippen molar-refractivity contribution in [3.05, 3.63) is 41.0 Å². The highest BCUT2D eigenvalue weighted by atomic mass is 16.8. The van der Waals surface area contributed by atoms with Crippen molar-refractivity contribution in [2.45, 2.75) is 61.9 Å². The quantitative estimate of drug-likeness (QED) is 0.220. The number of aliphatic hydroxyl groups is 4. The molecule has 4 heterocycles. The molecule has 10 atom stereocenters. The fourth-order valence-corrected chi connectivity index (χ4v) is 6.86. The molecule has 15 nitrogen and oxygen atoms in total. The van der Waals surface area contributed by atoms with E-state index >= 15 is 0 Å². The zero-order valence-electron chi connectivity index (χ0n) is 23.8. The smallest absolute Gasteiger partial charge is 0.331 e. The summed E-state index contributed by atoms with van der Waals surface area (Å²) in [5.74, 6) is -7.11. The van der Waals surface area contributed by atoms with Crippen molar-refractivity contribution in [1.29, 1.82) is 0 Å². The summed E-state index contributed by atoms with van der Waals surface area (Å²) in [5, 5.41) is 54.8. The number of phenols is 1. The molecule has 0 spiro atoms. The fourth-order valence-electron chi connectivity index (χ4n) is 6.86. The number of benzene rings is 2. The number of hydrogen-bond acceptors (Lipinski definition) is 15. The number of carbonyl (C=O) groups is 1. The van der Waals surface area contributed by atoms with E-state index in [-0.39, 0.29) is 30.6 Å². The molecule has 0 aromatic heterocycles. The van der Waals surface area contributed by atoms with E-state index in [2.05, 4.69) is 0 Å². The van der Waals surface area contributed by atoms with E-state index in [0.717, 1.165) is 0 Å². The maximum absolute atomic E-state index is 13.5. The molecule has 5 N–H and O–H groups in total. The molecule has 15 heteroatoms. The molecule has 3 saturated heterocycles. The molecule has 2 aromatic carbocycles. The molecule has 10 unspecified atom stereocenters. The van der Waals surface area contributed by atoms with Crippen LogP contribution in [0.3, 0.4) is 0 Å². The summed E-state index contributed by atoms with van der Waals surface area (Å²) in [6, 6.07) is 6.25. The van der Waals surface area contributed by atoms with Crippen molar-refractivity contribution in [3.63, 3.8) is 0 Å². The zero-order chi connectivity index (χ0) is 31.1. The minimum absolute atomic E-state index is 0.0413. The largest absolute Gasteiger partial charge is 0.502 e.